The van der Waals surface area contributed by atoms with Crippen molar-refractivity contribution >= 4 is 56.6 Å². The Morgan fingerprint density at radius 1 is 0.977 bits per heavy atom. The Labute approximate surface area is 257 Å². The standard InChI is InChI=1S/C33H34N2O6S2/c1-4-40-32(38)26-22-15-14-18(3)16-25(22)42-28(26)34-17-23-19-10-6-7-11-20(19)29(36)35(30(23)37)31-27(33(39)41-5-2)21-12-8-9-13-24(21)43-31/h6-7,10-11,17-18,37H,4-5,8-9,12-16H2,1-3H3/t18-/m0/s1. The second kappa shape index (κ2) is 12.1. The summed E-state index contributed by atoms with van der Waals surface area (Å²) in [6.07, 6.45) is 7.64. The highest BCUT2D eigenvalue weighted by molar-refractivity contribution is 7.16. The van der Waals surface area contributed by atoms with Crippen molar-refractivity contribution in [2.45, 2.75) is 65.7 Å². The molecule has 0 amide bonds. The molecule has 0 radical (unpaired) electrons. The molecule has 43 heavy (non-hydrogen) atoms. The fourth-order valence-electron chi connectivity index (χ4n) is 6.16. The zero-order valence-corrected chi connectivity index (χ0v) is 26.2. The molecular formula is C33H34N2O6S2. The maximum Gasteiger partial charge on any atom is 0.341 e. The fraction of sp³-hybridized carbons (Fsp3) is 0.394. The molecule has 1 aromatic carbocycles. The molecule has 0 saturated heterocycles. The number of pyridine rings is 1. The first-order chi connectivity index (χ1) is 20.8. The molecule has 0 fully saturated rings. The van der Waals surface area contributed by atoms with E-state index in [0.717, 1.165) is 65.8 Å². The number of benzene rings is 1. The summed E-state index contributed by atoms with van der Waals surface area (Å²) in [5.74, 6) is -0.697. The van der Waals surface area contributed by atoms with E-state index in [4.69, 9.17) is 14.5 Å². The van der Waals surface area contributed by atoms with Crippen molar-refractivity contribution in [2.75, 3.05) is 13.2 Å². The van der Waals surface area contributed by atoms with Crippen molar-refractivity contribution in [3.8, 4) is 10.9 Å². The van der Waals surface area contributed by atoms with Gasteiger partial charge in [-0.2, -0.15) is 0 Å². The Morgan fingerprint density at radius 3 is 2.40 bits per heavy atom. The molecule has 1 atom stereocenters. The molecule has 4 aromatic rings. The van der Waals surface area contributed by atoms with Crippen LogP contribution in [0.5, 0.6) is 5.88 Å². The molecule has 3 heterocycles. The van der Waals surface area contributed by atoms with Gasteiger partial charge < -0.3 is 14.6 Å². The average molecular weight is 619 g/mol. The van der Waals surface area contributed by atoms with E-state index in [9.17, 15) is 19.5 Å². The molecule has 8 nitrogen and oxygen atoms in total. The van der Waals surface area contributed by atoms with Gasteiger partial charge in [-0.25, -0.2) is 19.1 Å². The molecule has 2 aliphatic carbocycles. The molecule has 0 spiro atoms. The van der Waals surface area contributed by atoms with Crippen molar-refractivity contribution in [1.29, 1.82) is 0 Å². The molecule has 6 rings (SSSR count). The molecule has 224 valence electrons. The summed E-state index contributed by atoms with van der Waals surface area (Å²) in [5, 5.41) is 13.6. The van der Waals surface area contributed by atoms with Crippen LogP contribution >= 0.6 is 22.7 Å². The number of aromatic nitrogens is 1. The van der Waals surface area contributed by atoms with E-state index >= 15 is 0 Å². The molecule has 3 aromatic heterocycles. The number of nitrogens with zero attached hydrogens (tertiary/aromatic N) is 2. The lowest BCUT2D eigenvalue weighted by atomic mass is 9.88. The molecule has 0 unspecified atom stereocenters. The van der Waals surface area contributed by atoms with E-state index in [-0.39, 0.29) is 19.1 Å². The minimum atomic E-state index is -0.496. The predicted molar refractivity (Wildman–Crippen MR) is 170 cm³/mol. The lowest BCUT2D eigenvalue weighted by molar-refractivity contribution is 0.0516. The van der Waals surface area contributed by atoms with Gasteiger partial charge >= 0.3 is 11.9 Å². The van der Waals surface area contributed by atoms with Crippen LogP contribution in [-0.2, 0) is 35.2 Å². The first-order valence-electron chi connectivity index (χ1n) is 14.9. The van der Waals surface area contributed by atoms with E-state index in [1.165, 1.54) is 33.5 Å². The monoisotopic (exact) mass is 618 g/mol. The molecule has 0 aliphatic heterocycles. The number of ether oxygens (including phenoxy) is 2. The van der Waals surface area contributed by atoms with Crippen molar-refractivity contribution in [1.82, 2.24) is 4.57 Å². The SMILES string of the molecule is CCOC(=O)c1c(N=Cc2c(O)n(-c3sc4c(c3C(=O)OCC)CCCC4)c(=O)c3ccccc23)sc2c1CC[C@H](C)C2. The van der Waals surface area contributed by atoms with Gasteiger partial charge in [-0.05, 0) is 81.9 Å². The van der Waals surface area contributed by atoms with Crippen LogP contribution in [0.25, 0.3) is 15.8 Å². The Morgan fingerprint density at radius 2 is 1.65 bits per heavy atom. The number of fused-ring (bicyclic) bond motifs is 3. The summed E-state index contributed by atoms with van der Waals surface area (Å²) in [5.41, 5.74) is 2.63. The topological polar surface area (TPSA) is 107 Å². The summed E-state index contributed by atoms with van der Waals surface area (Å²) < 4.78 is 12.1. The van der Waals surface area contributed by atoms with E-state index < -0.39 is 17.5 Å². The summed E-state index contributed by atoms with van der Waals surface area (Å²) in [6.45, 7) is 6.19. The maximum atomic E-state index is 14.0. The van der Waals surface area contributed by atoms with Gasteiger partial charge in [-0.1, -0.05) is 25.1 Å². The van der Waals surface area contributed by atoms with Crippen LogP contribution < -0.4 is 5.56 Å². The minimum absolute atomic E-state index is 0.200. The zero-order chi connectivity index (χ0) is 30.2. The number of hydrogen-bond donors (Lipinski definition) is 1. The van der Waals surface area contributed by atoms with Crippen molar-refractivity contribution in [3.05, 3.63) is 72.2 Å². The number of hydrogen-bond acceptors (Lipinski definition) is 9. The van der Waals surface area contributed by atoms with Crippen LogP contribution in [0.3, 0.4) is 0 Å². The first-order valence-corrected chi connectivity index (χ1v) is 16.5. The smallest absolute Gasteiger partial charge is 0.341 e. The Hall–Kier alpha value is -3.76. The highest BCUT2D eigenvalue weighted by Gasteiger charge is 2.31. The lowest BCUT2D eigenvalue weighted by Crippen LogP contribution is -2.22. The first kappa shape index (κ1) is 29.3. The van der Waals surface area contributed by atoms with E-state index in [1.807, 2.05) is 0 Å². The van der Waals surface area contributed by atoms with E-state index in [0.29, 0.717) is 43.4 Å². The lowest BCUT2D eigenvalue weighted by Gasteiger charge is -2.18. The number of rotatable bonds is 7. The second-order valence-corrected chi connectivity index (χ2v) is 13.2. The van der Waals surface area contributed by atoms with Crippen LogP contribution in [0.2, 0.25) is 0 Å². The predicted octanol–water partition coefficient (Wildman–Crippen LogP) is 6.93. The quantitative estimate of drug-likeness (QED) is 0.178. The Kier molecular flexibility index (Phi) is 8.24. The van der Waals surface area contributed by atoms with Crippen LogP contribution in [0.1, 0.15) is 87.2 Å². The van der Waals surface area contributed by atoms with Crippen LogP contribution in [0.4, 0.5) is 5.00 Å². The largest absolute Gasteiger partial charge is 0.494 e. The highest BCUT2D eigenvalue weighted by atomic mass is 32.1. The summed E-state index contributed by atoms with van der Waals surface area (Å²) >= 11 is 2.83. The van der Waals surface area contributed by atoms with Crippen molar-refractivity contribution in [3.63, 3.8) is 0 Å². The number of aliphatic imine (C=N–C) groups is 1. The zero-order valence-electron chi connectivity index (χ0n) is 24.5. The summed E-state index contributed by atoms with van der Waals surface area (Å²) in [6, 6.07) is 7.04. The van der Waals surface area contributed by atoms with E-state index in [2.05, 4.69) is 6.92 Å². The fourth-order valence-corrected chi connectivity index (χ4v) is 8.88. The third-order valence-electron chi connectivity index (χ3n) is 8.22. The van der Waals surface area contributed by atoms with Crippen LogP contribution in [-0.4, -0.2) is 41.0 Å². The number of esters is 2. The Balaban J connectivity index is 1.56. The summed E-state index contributed by atoms with van der Waals surface area (Å²) in [7, 11) is 0. The highest BCUT2D eigenvalue weighted by Crippen LogP contribution is 2.43. The van der Waals surface area contributed by atoms with Crippen LogP contribution in [0, 0.1) is 5.92 Å². The molecule has 0 bridgehead atoms. The molecule has 10 heteroatoms. The minimum Gasteiger partial charge on any atom is -0.494 e. The number of carbonyl (C=O) groups is 2. The number of carbonyl (C=O) groups excluding carboxylic acids is 2. The van der Waals surface area contributed by atoms with Gasteiger partial charge in [0.05, 0.1) is 29.9 Å². The van der Waals surface area contributed by atoms with Crippen LogP contribution in [0.15, 0.2) is 34.1 Å². The van der Waals surface area contributed by atoms with Gasteiger partial charge in [0.15, 0.2) is 0 Å². The van der Waals surface area contributed by atoms with E-state index in [1.54, 1.807) is 38.1 Å². The third kappa shape index (κ3) is 5.20. The molecule has 0 saturated carbocycles. The third-order valence-corrected chi connectivity index (χ3v) is 10.7. The van der Waals surface area contributed by atoms with Gasteiger partial charge in [-0.15, -0.1) is 22.7 Å². The average Bonchev–Trinajstić information content (AvgIpc) is 3.55. The number of thiophene rings is 2. The van der Waals surface area contributed by atoms with Gasteiger partial charge in [-0.3, -0.25) is 4.79 Å². The number of aryl methyl sites for hydroxylation is 1. The Bertz CT molecular complexity index is 1830. The van der Waals surface area contributed by atoms with Crippen molar-refractivity contribution in [2.24, 2.45) is 10.9 Å². The normalized spacial score (nSPS) is 16.3. The van der Waals surface area contributed by atoms with Gasteiger partial charge in [0.1, 0.15) is 10.0 Å². The summed E-state index contributed by atoms with van der Waals surface area (Å²) in [4.78, 5) is 47.2. The van der Waals surface area contributed by atoms with Gasteiger partial charge in [0.2, 0.25) is 5.88 Å². The molecular weight excluding hydrogens is 585 g/mol. The van der Waals surface area contributed by atoms with Crippen molar-refractivity contribution < 1.29 is 24.2 Å². The van der Waals surface area contributed by atoms with Gasteiger partial charge in [0.25, 0.3) is 5.56 Å². The molecule has 2 aliphatic rings. The van der Waals surface area contributed by atoms with Gasteiger partial charge in [0, 0.05) is 26.7 Å². The second-order valence-electron chi connectivity index (χ2n) is 11.0. The number of aromatic hydroxyl groups is 1. The maximum absolute atomic E-state index is 14.0. The molecule has 1 N–H and O–H groups in total.